The van der Waals surface area contributed by atoms with Gasteiger partial charge < -0.3 is 15.5 Å². The summed E-state index contributed by atoms with van der Waals surface area (Å²) >= 11 is 0. The third-order valence-corrected chi connectivity index (χ3v) is 1.60. The Balaban J connectivity index is 0.000000399. The molecule has 0 aliphatic rings. The summed E-state index contributed by atoms with van der Waals surface area (Å²) in [7, 11) is 0. The molecule has 0 atom stereocenters. The van der Waals surface area contributed by atoms with Crippen LogP contribution in [0.15, 0.2) is 4.52 Å². The van der Waals surface area contributed by atoms with Crippen LogP contribution in [0.3, 0.4) is 0 Å². The number of carbonyl (C=O) groups is 1. The van der Waals surface area contributed by atoms with E-state index in [4.69, 9.17) is 15.0 Å². The van der Waals surface area contributed by atoms with Gasteiger partial charge in [0.15, 0.2) is 5.82 Å². The first-order valence-electron chi connectivity index (χ1n) is 5.18. The second-order valence-electron chi connectivity index (χ2n) is 3.65. The summed E-state index contributed by atoms with van der Waals surface area (Å²) in [6.45, 7) is 4.91. The van der Waals surface area contributed by atoms with Crippen molar-refractivity contribution in [2.75, 3.05) is 6.54 Å². The molecule has 0 saturated heterocycles. The Morgan fingerprint density at radius 3 is 2.32 bits per heavy atom. The van der Waals surface area contributed by atoms with E-state index in [-0.39, 0.29) is 6.08 Å². The molecule has 1 rings (SSSR count). The number of aromatic hydroxyl groups is 1. The van der Waals surface area contributed by atoms with E-state index < -0.39 is 12.1 Å². The summed E-state index contributed by atoms with van der Waals surface area (Å²) in [5.41, 5.74) is 0. The monoisotopic (exact) mass is 285 g/mol. The fraction of sp³-hybridized carbons (Fsp3) is 0.667. The van der Waals surface area contributed by atoms with E-state index in [9.17, 15) is 13.2 Å². The fourth-order valence-electron chi connectivity index (χ4n) is 0.819. The Kier molecular flexibility index (Phi) is 6.83. The van der Waals surface area contributed by atoms with Gasteiger partial charge in [0.05, 0.1) is 0 Å². The van der Waals surface area contributed by atoms with Crippen molar-refractivity contribution in [2.45, 2.75) is 32.5 Å². The number of nitrogens with one attached hydrogen (secondary N) is 1. The lowest BCUT2D eigenvalue weighted by Gasteiger charge is -2.04. The summed E-state index contributed by atoms with van der Waals surface area (Å²) in [6, 6.07) is 0.450. The molecule has 7 nitrogen and oxygen atoms in total. The lowest BCUT2D eigenvalue weighted by molar-refractivity contribution is -0.192. The highest BCUT2D eigenvalue weighted by Crippen LogP contribution is 2.13. The number of halogens is 3. The van der Waals surface area contributed by atoms with Crippen LogP contribution in [0.25, 0.3) is 0 Å². The first-order valence-corrected chi connectivity index (χ1v) is 5.18. The van der Waals surface area contributed by atoms with Crippen LogP contribution in [-0.2, 0) is 11.2 Å². The zero-order chi connectivity index (χ0) is 15.1. The van der Waals surface area contributed by atoms with Gasteiger partial charge in [-0.3, -0.25) is 4.52 Å². The minimum Gasteiger partial charge on any atom is -0.475 e. The minimum atomic E-state index is -5.08. The quantitative estimate of drug-likeness (QED) is 0.755. The average Bonchev–Trinajstić information content (AvgIpc) is 2.63. The normalized spacial score (nSPS) is 11.1. The lowest BCUT2D eigenvalue weighted by atomic mass is 10.3. The number of hydrogen-bond acceptors (Lipinski definition) is 6. The molecule has 0 bridgehead atoms. The Labute approximate surface area is 106 Å². The van der Waals surface area contributed by atoms with Crippen molar-refractivity contribution < 1.29 is 32.7 Å². The van der Waals surface area contributed by atoms with Gasteiger partial charge in [0.25, 0.3) is 0 Å². The second-order valence-corrected chi connectivity index (χ2v) is 3.65. The van der Waals surface area contributed by atoms with E-state index in [1.54, 1.807) is 0 Å². The molecular formula is C9H14F3N3O4. The maximum absolute atomic E-state index is 10.6. The SMILES string of the molecule is CC(C)NCCc1noc(O)n1.O=C(O)C(F)(F)F. The number of alkyl halides is 3. The predicted octanol–water partition coefficient (Wildman–Crippen LogP) is 0.949. The summed E-state index contributed by atoms with van der Waals surface area (Å²) in [4.78, 5) is 12.5. The van der Waals surface area contributed by atoms with Crippen molar-refractivity contribution in [2.24, 2.45) is 0 Å². The molecule has 0 aromatic carbocycles. The molecule has 1 heterocycles. The van der Waals surface area contributed by atoms with Crippen molar-refractivity contribution in [1.29, 1.82) is 0 Å². The molecule has 0 radical (unpaired) electrons. The van der Waals surface area contributed by atoms with Crippen molar-refractivity contribution in [3.05, 3.63) is 5.82 Å². The smallest absolute Gasteiger partial charge is 0.475 e. The number of aromatic nitrogens is 2. The molecule has 0 amide bonds. The van der Waals surface area contributed by atoms with Gasteiger partial charge in [0.2, 0.25) is 0 Å². The number of carboxylic acids is 1. The summed E-state index contributed by atoms with van der Waals surface area (Å²) in [6.07, 6.45) is -4.78. The van der Waals surface area contributed by atoms with Crippen LogP contribution < -0.4 is 5.32 Å². The Morgan fingerprint density at radius 1 is 1.47 bits per heavy atom. The molecule has 19 heavy (non-hydrogen) atoms. The van der Waals surface area contributed by atoms with Crippen LogP contribution in [0.1, 0.15) is 19.7 Å². The van der Waals surface area contributed by atoms with Gasteiger partial charge in [-0.2, -0.15) is 18.2 Å². The first-order chi connectivity index (χ1) is 8.62. The van der Waals surface area contributed by atoms with Crippen LogP contribution in [0.5, 0.6) is 6.08 Å². The number of rotatable bonds is 4. The van der Waals surface area contributed by atoms with Crippen LogP contribution >= 0.6 is 0 Å². The topological polar surface area (TPSA) is 108 Å². The van der Waals surface area contributed by atoms with Gasteiger partial charge in [0, 0.05) is 19.0 Å². The van der Waals surface area contributed by atoms with Crippen molar-refractivity contribution in [1.82, 2.24) is 15.5 Å². The number of carboxylic acid groups (broad SMARTS) is 1. The fourth-order valence-corrected chi connectivity index (χ4v) is 0.819. The van der Waals surface area contributed by atoms with Gasteiger partial charge in [-0.15, -0.1) is 0 Å². The lowest BCUT2D eigenvalue weighted by Crippen LogP contribution is -2.25. The van der Waals surface area contributed by atoms with Crippen LogP contribution in [0.2, 0.25) is 0 Å². The Bertz CT molecular complexity index is 392. The largest absolute Gasteiger partial charge is 0.490 e. The van der Waals surface area contributed by atoms with Gasteiger partial charge >= 0.3 is 18.2 Å². The zero-order valence-corrected chi connectivity index (χ0v) is 10.2. The molecule has 0 aliphatic heterocycles. The van der Waals surface area contributed by atoms with Crippen LogP contribution in [0.4, 0.5) is 13.2 Å². The number of nitrogens with zero attached hydrogens (tertiary/aromatic N) is 2. The van der Waals surface area contributed by atoms with Gasteiger partial charge in [-0.25, -0.2) is 4.79 Å². The first kappa shape index (κ1) is 17.2. The molecule has 1 aromatic rings. The summed E-state index contributed by atoms with van der Waals surface area (Å²) in [5, 5.41) is 22.6. The number of aliphatic carboxylic acids is 1. The van der Waals surface area contributed by atoms with Gasteiger partial charge in [-0.1, -0.05) is 19.0 Å². The van der Waals surface area contributed by atoms with E-state index >= 15 is 0 Å². The van der Waals surface area contributed by atoms with Crippen molar-refractivity contribution >= 4 is 5.97 Å². The maximum Gasteiger partial charge on any atom is 0.490 e. The molecule has 0 unspecified atom stereocenters. The molecular weight excluding hydrogens is 271 g/mol. The van der Waals surface area contributed by atoms with Crippen LogP contribution in [-0.4, -0.2) is 45.1 Å². The second kappa shape index (κ2) is 7.56. The van der Waals surface area contributed by atoms with Crippen molar-refractivity contribution in [3.8, 4) is 6.08 Å². The predicted molar refractivity (Wildman–Crippen MR) is 56.5 cm³/mol. The van der Waals surface area contributed by atoms with E-state index in [1.807, 2.05) is 0 Å². The van der Waals surface area contributed by atoms with Crippen molar-refractivity contribution in [3.63, 3.8) is 0 Å². The summed E-state index contributed by atoms with van der Waals surface area (Å²) < 4.78 is 36.1. The van der Waals surface area contributed by atoms with Crippen LogP contribution in [0, 0.1) is 0 Å². The van der Waals surface area contributed by atoms with E-state index in [0.29, 0.717) is 18.3 Å². The van der Waals surface area contributed by atoms with E-state index in [2.05, 4.69) is 33.8 Å². The molecule has 0 fully saturated rings. The van der Waals surface area contributed by atoms with E-state index in [1.165, 1.54) is 0 Å². The molecule has 0 spiro atoms. The standard InChI is InChI=1S/C7H13N3O2.C2HF3O2/c1-5(2)8-4-3-6-9-7(11)12-10-6;3-2(4,5)1(6)7/h5,8H,3-4H2,1-2H3,(H,9,10,11);(H,6,7). The highest BCUT2D eigenvalue weighted by atomic mass is 19.4. The summed E-state index contributed by atoms with van der Waals surface area (Å²) in [5.74, 6) is -2.23. The average molecular weight is 285 g/mol. The third kappa shape index (κ3) is 8.83. The molecule has 1 aromatic heterocycles. The maximum atomic E-state index is 10.6. The number of hydrogen-bond donors (Lipinski definition) is 3. The molecule has 110 valence electrons. The highest BCUT2D eigenvalue weighted by Gasteiger charge is 2.38. The molecule has 3 N–H and O–H groups in total. The molecule has 0 saturated carbocycles. The Hall–Kier alpha value is -1.84. The van der Waals surface area contributed by atoms with Gasteiger partial charge in [0.1, 0.15) is 0 Å². The Morgan fingerprint density at radius 2 is 2.00 bits per heavy atom. The zero-order valence-electron chi connectivity index (χ0n) is 10.2. The molecule has 10 heteroatoms. The third-order valence-electron chi connectivity index (χ3n) is 1.60. The van der Waals surface area contributed by atoms with Gasteiger partial charge in [-0.05, 0) is 0 Å². The highest BCUT2D eigenvalue weighted by molar-refractivity contribution is 5.73. The van der Waals surface area contributed by atoms with E-state index in [0.717, 1.165) is 6.54 Å². The molecule has 0 aliphatic carbocycles. The minimum absolute atomic E-state index is 0.366.